The van der Waals surface area contributed by atoms with E-state index in [1.807, 2.05) is 37.3 Å². The lowest BCUT2D eigenvalue weighted by atomic mass is 10.1. The summed E-state index contributed by atoms with van der Waals surface area (Å²) in [5.41, 5.74) is 1.54. The zero-order valence-electron chi connectivity index (χ0n) is 15.2. The molecular weight excluding hydrogens is 379 g/mol. The molecule has 0 aliphatic rings. The van der Waals surface area contributed by atoms with Crippen LogP contribution in [-0.4, -0.2) is 20.9 Å². The fraction of sp³-hybridized carbons (Fsp3) is 0.0952. The monoisotopic (exact) mass is 398 g/mol. The Morgan fingerprint density at radius 1 is 0.929 bits per heavy atom. The third-order valence-corrected chi connectivity index (χ3v) is 5.53. The molecule has 3 aromatic rings. The number of hydrogen-bond acceptors (Lipinski definition) is 3. The number of anilines is 2. The van der Waals surface area contributed by atoms with Crippen molar-refractivity contribution in [1.29, 1.82) is 0 Å². The first kappa shape index (κ1) is 19.6. The SMILES string of the molecule is CCN(C(=O)c1ccc(NS(=O)(=O)c2ccc(F)cc2)cc1)c1ccccc1. The van der Waals surface area contributed by atoms with Crippen LogP contribution < -0.4 is 9.62 Å². The summed E-state index contributed by atoms with van der Waals surface area (Å²) in [6, 6.07) is 20.0. The predicted octanol–water partition coefficient (Wildman–Crippen LogP) is 4.29. The zero-order valence-corrected chi connectivity index (χ0v) is 16.0. The van der Waals surface area contributed by atoms with Gasteiger partial charge in [0.15, 0.2) is 0 Å². The molecule has 0 radical (unpaired) electrons. The summed E-state index contributed by atoms with van der Waals surface area (Å²) < 4.78 is 40.1. The summed E-state index contributed by atoms with van der Waals surface area (Å²) in [7, 11) is -3.84. The van der Waals surface area contributed by atoms with Crippen molar-refractivity contribution in [2.24, 2.45) is 0 Å². The molecule has 1 amide bonds. The largest absolute Gasteiger partial charge is 0.309 e. The average Bonchev–Trinajstić information content (AvgIpc) is 2.70. The Kier molecular flexibility index (Phi) is 5.75. The van der Waals surface area contributed by atoms with Crippen molar-refractivity contribution in [1.82, 2.24) is 0 Å². The van der Waals surface area contributed by atoms with E-state index < -0.39 is 15.8 Å². The first-order chi connectivity index (χ1) is 13.4. The van der Waals surface area contributed by atoms with Crippen molar-refractivity contribution in [2.45, 2.75) is 11.8 Å². The lowest BCUT2D eigenvalue weighted by Gasteiger charge is -2.21. The minimum Gasteiger partial charge on any atom is -0.309 e. The number of benzene rings is 3. The summed E-state index contributed by atoms with van der Waals surface area (Å²) in [6.45, 7) is 2.39. The van der Waals surface area contributed by atoms with Crippen LogP contribution in [0.5, 0.6) is 0 Å². The molecule has 0 fully saturated rings. The molecule has 0 aliphatic heterocycles. The van der Waals surface area contributed by atoms with Gasteiger partial charge in [0.25, 0.3) is 15.9 Å². The van der Waals surface area contributed by atoms with E-state index in [0.717, 1.165) is 17.8 Å². The second kappa shape index (κ2) is 8.22. The summed E-state index contributed by atoms with van der Waals surface area (Å²) in [4.78, 5) is 14.4. The molecule has 1 N–H and O–H groups in total. The van der Waals surface area contributed by atoms with Gasteiger partial charge in [-0.25, -0.2) is 12.8 Å². The summed E-state index contributed by atoms with van der Waals surface area (Å²) in [6.07, 6.45) is 0. The van der Waals surface area contributed by atoms with E-state index in [1.165, 1.54) is 24.3 Å². The van der Waals surface area contributed by atoms with Gasteiger partial charge in [-0.3, -0.25) is 9.52 Å². The molecule has 144 valence electrons. The molecule has 28 heavy (non-hydrogen) atoms. The van der Waals surface area contributed by atoms with E-state index >= 15 is 0 Å². The Labute approximate surface area is 163 Å². The Balaban J connectivity index is 1.77. The number of nitrogens with one attached hydrogen (secondary N) is 1. The van der Waals surface area contributed by atoms with Crippen molar-refractivity contribution >= 4 is 27.3 Å². The number of carbonyl (C=O) groups excluding carboxylic acids is 1. The van der Waals surface area contributed by atoms with Gasteiger partial charge in [0.2, 0.25) is 0 Å². The second-order valence-electron chi connectivity index (χ2n) is 6.02. The van der Waals surface area contributed by atoms with Crippen LogP contribution in [0.1, 0.15) is 17.3 Å². The molecule has 0 aromatic heterocycles. The lowest BCUT2D eigenvalue weighted by Crippen LogP contribution is -2.30. The minimum absolute atomic E-state index is 0.0460. The number of amides is 1. The third kappa shape index (κ3) is 4.37. The van der Waals surface area contributed by atoms with Gasteiger partial charge >= 0.3 is 0 Å². The molecule has 0 atom stereocenters. The highest BCUT2D eigenvalue weighted by Crippen LogP contribution is 2.20. The number of para-hydroxylation sites is 1. The van der Waals surface area contributed by atoms with Gasteiger partial charge in [0, 0.05) is 23.5 Å². The van der Waals surface area contributed by atoms with Gasteiger partial charge < -0.3 is 4.90 Å². The van der Waals surface area contributed by atoms with Crippen molar-refractivity contribution < 1.29 is 17.6 Å². The van der Waals surface area contributed by atoms with Crippen molar-refractivity contribution in [3.05, 3.63) is 90.2 Å². The number of carbonyl (C=O) groups is 1. The van der Waals surface area contributed by atoms with Crippen LogP contribution in [0.3, 0.4) is 0 Å². The summed E-state index contributed by atoms with van der Waals surface area (Å²) >= 11 is 0. The number of rotatable bonds is 6. The molecule has 0 bridgehead atoms. The van der Waals surface area contributed by atoms with Crippen LogP contribution in [-0.2, 0) is 10.0 Å². The average molecular weight is 398 g/mol. The van der Waals surface area contributed by atoms with E-state index in [1.54, 1.807) is 17.0 Å². The number of sulfonamides is 1. The lowest BCUT2D eigenvalue weighted by molar-refractivity contribution is 0.0988. The Morgan fingerprint density at radius 2 is 1.54 bits per heavy atom. The molecule has 0 aliphatic carbocycles. The Bertz CT molecular complexity index is 1050. The van der Waals surface area contributed by atoms with Gasteiger partial charge in [0.05, 0.1) is 4.90 Å². The fourth-order valence-electron chi connectivity index (χ4n) is 2.72. The fourth-order valence-corrected chi connectivity index (χ4v) is 3.77. The number of halogens is 1. The van der Waals surface area contributed by atoms with Gasteiger partial charge in [-0.1, -0.05) is 18.2 Å². The van der Waals surface area contributed by atoms with Gasteiger partial charge in [-0.15, -0.1) is 0 Å². The molecule has 0 spiro atoms. The molecule has 0 saturated heterocycles. The molecule has 0 heterocycles. The third-order valence-electron chi connectivity index (χ3n) is 4.14. The first-order valence-corrected chi connectivity index (χ1v) is 10.1. The molecule has 3 aromatic carbocycles. The van der Waals surface area contributed by atoms with Crippen LogP contribution in [0, 0.1) is 5.82 Å². The first-order valence-electron chi connectivity index (χ1n) is 8.66. The number of nitrogens with zero attached hydrogens (tertiary/aromatic N) is 1. The molecule has 0 unspecified atom stereocenters. The molecule has 7 heteroatoms. The molecular formula is C21H19FN2O3S. The van der Waals surface area contributed by atoms with Crippen molar-refractivity contribution in [3.8, 4) is 0 Å². The van der Waals surface area contributed by atoms with E-state index in [-0.39, 0.29) is 10.8 Å². The number of hydrogen-bond donors (Lipinski definition) is 1. The van der Waals surface area contributed by atoms with E-state index in [9.17, 15) is 17.6 Å². The Morgan fingerprint density at radius 3 is 2.11 bits per heavy atom. The topological polar surface area (TPSA) is 66.5 Å². The van der Waals surface area contributed by atoms with E-state index in [4.69, 9.17) is 0 Å². The maximum absolute atomic E-state index is 13.0. The smallest absolute Gasteiger partial charge is 0.261 e. The quantitative estimate of drug-likeness (QED) is 0.673. The van der Waals surface area contributed by atoms with Crippen LogP contribution >= 0.6 is 0 Å². The van der Waals surface area contributed by atoms with Gasteiger partial charge in [0.1, 0.15) is 5.82 Å². The van der Waals surface area contributed by atoms with Gasteiger partial charge in [-0.05, 0) is 67.6 Å². The van der Waals surface area contributed by atoms with Gasteiger partial charge in [-0.2, -0.15) is 0 Å². The van der Waals surface area contributed by atoms with Crippen LogP contribution in [0.4, 0.5) is 15.8 Å². The maximum atomic E-state index is 13.0. The second-order valence-corrected chi connectivity index (χ2v) is 7.70. The highest BCUT2D eigenvalue weighted by Gasteiger charge is 2.17. The van der Waals surface area contributed by atoms with Crippen LogP contribution in [0.25, 0.3) is 0 Å². The zero-order chi connectivity index (χ0) is 20.1. The van der Waals surface area contributed by atoms with Crippen LogP contribution in [0.15, 0.2) is 83.8 Å². The summed E-state index contributed by atoms with van der Waals surface area (Å²) in [5.74, 6) is -0.692. The standard InChI is InChI=1S/C21H19FN2O3S/c1-2-24(19-6-4-3-5-7-19)21(25)16-8-12-18(13-9-16)23-28(26,27)20-14-10-17(22)11-15-20/h3-15,23H,2H2,1H3. The molecule has 5 nitrogen and oxygen atoms in total. The molecule has 3 rings (SSSR count). The Hall–Kier alpha value is -3.19. The van der Waals surface area contributed by atoms with E-state index in [2.05, 4.69) is 4.72 Å². The highest BCUT2D eigenvalue weighted by atomic mass is 32.2. The summed E-state index contributed by atoms with van der Waals surface area (Å²) in [5, 5.41) is 0. The maximum Gasteiger partial charge on any atom is 0.261 e. The van der Waals surface area contributed by atoms with Crippen LogP contribution in [0.2, 0.25) is 0 Å². The van der Waals surface area contributed by atoms with Crippen molar-refractivity contribution in [3.63, 3.8) is 0 Å². The van der Waals surface area contributed by atoms with E-state index in [0.29, 0.717) is 17.8 Å². The minimum atomic E-state index is -3.84. The predicted molar refractivity (Wildman–Crippen MR) is 107 cm³/mol. The normalized spacial score (nSPS) is 11.1. The highest BCUT2D eigenvalue weighted by molar-refractivity contribution is 7.92. The van der Waals surface area contributed by atoms with Crippen molar-refractivity contribution in [2.75, 3.05) is 16.2 Å². The molecule has 0 saturated carbocycles.